The highest BCUT2D eigenvalue weighted by Gasteiger charge is 2.44. The lowest BCUT2D eigenvalue weighted by atomic mass is 10.2. The van der Waals surface area contributed by atoms with Gasteiger partial charge in [0.25, 0.3) is 0 Å². The average Bonchev–Trinajstić information content (AvgIpc) is 2.54. The van der Waals surface area contributed by atoms with E-state index in [1.54, 1.807) is 0 Å². The summed E-state index contributed by atoms with van der Waals surface area (Å²) < 4.78 is 5.21. The third-order valence-electron chi connectivity index (χ3n) is 2.65. The predicted octanol–water partition coefficient (Wildman–Crippen LogP) is 2.11. The van der Waals surface area contributed by atoms with E-state index in [9.17, 15) is 4.79 Å². The minimum absolute atomic E-state index is 0.117. The van der Waals surface area contributed by atoms with Gasteiger partial charge in [0.15, 0.2) is 0 Å². The maximum absolute atomic E-state index is 11.4. The Morgan fingerprint density at radius 3 is 2.40 bits per heavy atom. The van der Waals surface area contributed by atoms with Crippen LogP contribution in [0.5, 0.6) is 0 Å². The second kappa shape index (κ2) is 4.12. The Kier molecular flexibility index (Phi) is 3.44. The van der Waals surface area contributed by atoms with Gasteiger partial charge in [-0.15, -0.1) is 0 Å². The average molecular weight is 213 g/mol. The molecule has 0 aromatic heterocycles. The zero-order valence-corrected chi connectivity index (χ0v) is 10.5. The lowest BCUT2D eigenvalue weighted by Gasteiger charge is -2.19. The molecule has 15 heavy (non-hydrogen) atoms. The Labute approximate surface area is 92.6 Å². The van der Waals surface area contributed by atoms with Gasteiger partial charge in [-0.05, 0) is 32.6 Å². The van der Waals surface area contributed by atoms with Gasteiger partial charge in [0, 0.05) is 12.6 Å². The third kappa shape index (κ3) is 4.65. The van der Waals surface area contributed by atoms with Gasteiger partial charge in [-0.25, -0.2) is 0 Å². The first-order chi connectivity index (χ1) is 6.71. The Morgan fingerprint density at radius 2 is 2.00 bits per heavy atom. The molecule has 3 heteroatoms. The summed E-state index contributed by atoms with van der Waals surface area (Å²) in [5.74, 6) is -0.117. The molecule has 0 aromatic carbocycles. The number of ether oxygens (including phenoxy) is 1. The fourth-order valence-electron chi connectivity index (χ4n) is 1.56. The summed E-state index contributed by atoms with van der Waals surface area (Å²) in [6.07, 6.45) is 1.67. The first kappa shape index (κ1) is 12.5. The third-order valence-corrected chi connectivity index (χ3v) is 2.65. The molecule has 1 saturated carbocycles. The van der Waals surface area contributed by atoms with Crippen LogP contribution in [0.3, 0.4) is 0 Å². The largest absolute Gasteiger partial charge is 0.460 e. The van der Waals surface area contributed by atoms with Crippen LogP contribution < -0.4 is 5.32 Å². The summed E-state index contributed by atoms with van der Waals surface area (Å²) in [5, 5.41) is 3.36. The van der Waals surface area contributed by atoms with Crippen molar-refractivity contribution >= 4 is 5.97 Å². The van der Waals surface area contributed by atoms with Gasteiger partial charge in [-0.1, -0.05) is 13.8 Å². The van der Waals surface area contributed by atoms with Gasteiger partial charge >= 0.3 is 5.97 Å². The molecule has 0 saturated heterocycles. The van der Waals surface area contributed by atoms with E-state index in [-0.39, 0.29) is 11.6 Å². The van der Waals surface area contributed by atoms with Crippen LogP contribution in [0.2, 0.25) is 0 Å². The maximum atomic E-state index is 11.4. The Hall–Kier alpha value is -0.570. The van der Waals surface area contributed by atoms with Crippen LogP contribution in [-0.4, -0.2) is 24.2 Å². The van der Waals surface area contributed by atoms with E-state index in [2.05, 4.69) is 19.2 Å². The fraction of sp³-hybridized carbons (Fsp3) is 0.917. The van der Waals surface area contributed by atoms with Gasteiger partial charge in [0.05, 0.1) is 6.42 Å². The molecule has 0 aromatic rings. The molecule has 0 amide bonds. The van der Waals surface area contributed by atoms with Crippen molar-refractivity contribution in [1.82, 2.24) is 5.32 Å². The molecule has 1 unspecified atom stereocenters. The lowest BCUT2D eigenvalue weighted by Crippen LogP contribution is -2.28. The van der Waals surface area contributed by atoms with Gasteiger partial charge in [0.2, 0.25) is 0 Å². The van der Waals surface area contributed by atoms with Crippen molar-refractivity contribution in [1.29, 1.82) is 0 Å². The summed E-state index contributed by atoms with van der Waals surface area (Å²) in [5.41, 5.74) is 0.0594. The second-order valence-electron chi connectivity index (χ2n) is 6.04. The van der Waals surface area contributed by atoms with Gasteiger partial charge in [-0.2, -0.15) is 0 Å². The first-order valence-electron chi connectivity index (χ1n) is 5.66. The van der Waals surface area contributed by atoms with Crippen LogP contribution in [0.15, 0.2) is 0 Å². The van der Waals surface area contributed by atoms with Crippen molar-refractivity contribution < 1.29 is 9.53 Å². The van der Waals surface area contributed by atoms with Crippen LogP contribution in [0.25, 0.3) is 0 Å². The van der Waals surface area contributed by atoms with Crippen molar-refractivity contribution in [3.05, 3.63) is 0 Å². The number of carbonyl (C=O) groups is 1. The molecule has 0 radical (unpaired) electrons. The summed E-state index contributed by atoms with van der Waals surface area (Å²) in [6.45, 7) is 10.9. The predicted molar refractivity (Wildman–Crippen MR) is 60.7 cm³/mol. The molecule has 88 valence electrons. The Balaban J connectivity index is 2.08. The molecular weight excluding hydrogens is 190 g/mol. The minimum atomic E-state index is -0.365. The highest BCUT2D eigenvalue weighted by molar-refractivity contribution is 5.70. The Bertz CT molecular complexity index is 240. The van der Waals surface area contributed by atoms with Gasteiger partial charge < -0.3 is 10.1 Å². The summed E-state index contributed by atoms with van der Waals surface area (Å²) in [4.78, 5) is 11.4. The van der Waals surface area contributed by atoms with E-state index in [0.29, 0.717) is 17.9 Å². The molecule has 1 rings (SSSR count). The molecule has 3 nitrogen and oxygen atoms in total. The highest BCUT2D eigenvalue weighted by Crippen LogP contribution is 2.44. The number of esters is 1. The normalized spacial score (nSPS) is 23.7. The summed E-state index contributed by atoms with van der Waals surface area (Å²) in [7, 11) is 0. The zero-order chi connectivity index (χ0) is 11.7. The standard InChI is InChI=1S/C12H23NO2/c1-11(2,3)15-10(14)6-7-13-9-8-12(9,4)5/h9,13H,6-8H2,1-5H3. The molecule has 1 aliphatic rings. The van der Waals surface area contributed by atoms with E-state index in [1.165, 1.54) is 6.42 Å². The number of hydrogen-bond donors (Lipinski definition) is 1. The second-order valence-corrected chi connectivity index (χ2v) is 6.04. The molecular formula is C12H23NO2. The van der Waals surface area contributed by atoms with Gasteiger partial charge in [0.1, 0.15) is 5.60 Å². The summed E-state index contributed by atoms with van der Waals surface area (Å²) in [6, 6.07) is 0.583. The maximum Gasteiger partial charge on any atom is 0.307 e. The molecule has 0 bridgehead atoms. The number of nitrogens with one attached hydrogen (secondary N) is 1. The number of carbonyl (C=O) groups excluding carboxylic acids is 1. The van der Waals surface area contributed by atoms with Crippen LogP contribution in [-0.2, 0) is 9.53 Å². The van der Waals surface area contributed by atoms with E-state index in [0.717, 1.165) is 6.54 Å². The number of rotatable bonds is 4. The monoisotopic (exact) mass is 213 g/mol. The van der Waals surface area contributed by atoms with E-state index in [4.69, 9.17) is 4.74 Å². The zero-order valence-electron chi connectivity index (χ0n) is 10.5. The molecule has 0 spiro atoms. The molecule has 1 atom stereocenters. The molecule has 0 heterocycles. The van der Waals surface area contributed by atoms with Gasteiger partial charge in [-0.3, -0.25) is 4.79 Å². The van der Waals surface area contributed by atoms with Crippen LogP contribution in [0.4, 0.5) is 0 Å². The SMILES string of the molecule is CC(C)(C)OC(=O)CCNC1CC1(C)C. The van der Waals surface area contributed by atoms with Crippen molar-refractivity contribution in [2.75, 3.05) is 6.54 Å². The van der Waals surface area contributed by atoms with E-state index in [1.807, 2.05) is 20.8 Å². The van der Waals surface area contributed by atoms with Crippen LogP contribution >= 0.6 is 0 Å². The van der Waals surface area contributed by atoms with Crippen LogP contribution in [0, 0.1) is 5.41 Å². The molecule has 1 fully saturated rings. The van der Waals surface area contributed by atoms with Crippen molar-refractivity contribution in [3.63, 3.8) is 0 Å². The highest BCUT2D eigenvalue weighted by atomic mass is 16.6. The van der Waals surface area contributed by atoms with Crippen molar-refractivity contribution in [3.8, 4) is 0 Å². The summed E-state index contributed by atoms with van der Waals surface area (Å²) >= 11 is 0. The topological polar surface area (TPSA) is 38.3 Å². The minimum Gasteiger partial charge on any atom is -0.460 e. The lowest BCUT2D eigenvalue weighted by molar-refractivity contribution is -0.154. The van der Waals surface area contributed by atoms with Crippen molar-refractivity contribution in [2.24, 2.45) is 5.41 Å². The first-order valence-corrected chi connectivity index (χ1v) is 5.66. The Morgan fingerprint density at radius 1 is 1.47 bits per heavy atom. The molecule has 1 aliphatic carbocycles. The smallest absolute Gasteiger partial charge is 0.307 e. The molecule has 1 N–H and O–H groups in total. The molecule has 0 aliphatic heterocycles. The number of hydrogen-bond acceptors (Lipinski definition) is 3. The fourth-order valence-corrected chi connectivity index (χ4v) is 1.56. The quantitative estimate of drug-likeness (QED) is 0.727. The van der Waals surface area contributed by atoms with Crippen LogP contribution in [0.1, 0.15) is 47.5 Å². The van der Waals surface area contributed by atoms with E-state index < -0.39 is 0 Å². The van der Waals surface area contributed by atoms with E-state index >= 15 is 0 Å². The van der Waals surface area contributed by atoms with Crippen molar-refractivity contribution in [2.45, 2.75) is 59.1 Å².